The van der Waals surface area contributed by atoms with Crippen LogP contribution in [0.1, 0.15) is 44.9 Å². The van der Waals surface area contributed by atoms with E-state index in [1.807, 2.05) is 19.9 Å². The van der Waals surface area contributed by atoms with Gasteiger partial charge in [-0.2, -0.15) is 0 Å². The number of likely N-dealkylation sites (tertiary alicyclic amines) is 1. The maximum absolute atomic E-state index is 12.6. The highest BCUT2D eigenvalue weighted by Crippen LogP contribution is 2.21. The van der Waals surface area contributed by atoms with E-state index in [4.69, 9.17) is 0 Å². The monoisotopic (exact) mass is 376 g/mol. The van der Waals surface area contributed by atoms with Crippen molar-refractivity contribution in [2.45, 2.75) is 58.5 Å². The molecule has 6 nitrogen and oxygen atoms in total. The van der Waals surface area contributed by atoms with E-state index in [0.29, 0.717) is 5.39 Å². The second-order valence-corrected chi connectivity index (χ2v) is 8.85. The minimum absolute atomic E-state index is 0.00249. The van der Waals surface area contributed by atoms with Crippen LogP contribution in [0.15, 0.2) is 17.2 Å². The molecule has 2 aromatic heterocycles. The fourth-order valence-corrected chi connectivity index (χ4v) is 4.51. The van der Waals surface area contributed by atoms with Crippen LogP contribution >= 0.6 is 11.3 Å². The van der Waals surface area contributed by atoms with Crippen LogP contribution in [0, 0.1) is 0 Å². The van der Waals surface area contributed by atoms with E-state index in [2.05, 4.69) is 22.1 Å². The van der Waals surface area contributed by atoms with Gasteiger partial charge in [0.1, 0.15) is 11.4 Å². The van der Waals surface area contributed by atoms with Gasteiger partial charge in [-0.3, -0.25) is 14.2 Å². The number of carbonyl (C=O) groups is 1. The maximum Gasteiger partial charge on any atom is 0.262 e. The Bertz CT molecular complexity index is 834. The van der Waals surface area contributed by atoms with Gasteiger partial charge in [0.15, 0.2) is 0 Å². The summed E-state index contributed by atoms with van der Waals surface area (Å²) in [5.41, 5.74) is -0.470. The topological polar surface area (TPSA) is 67.2 Å². The van der Waals surface area contributed by atoms with Crippen molar-refractivity contribution >= 4 is 27.5 Å². The van der Waals surface area contributed by atoms with Gasteiger partial charge in [0.25, 0.3) is 5.56 Å². The van der Waals surface area contributed by atoms with Crippen molar-refractivity contribution in [3.05, 3.63) is 27.6 Å². The first-order chi connectivity index (χ1) is 12.4. The SMILES string of the molecule is CCc1cc2c(=O)n(CC(=O)NC(C)(C)CN3CCCCC3)cnc2s1. The highest BCUT2D eigenvalue weighted by atomic mass is 32.1. The minimum Gasteiger partial charge on any atom is -0.348 e. The lowest BCUT2D eigenvalue weighted by atomic mass is 10.0. The van der Waals surface area contributed by atoms with Crippen molar-refractivity contribution in [2.75, 3.05) is 19.6 Å². The van der Waals surface area contributed by atoms with Gasteiger partial charge >= 0.3 is 0 Å². The van der Waals surface area contributed by atoms with Crippen LogP contribution in [0.4, 0.5) is 0 Å². The molecule has 0 spiro atoms. The first-order valence-corrected chi connectivity index (χ1v) is 10.2. The van der Waals surface area contributed by atoms with Crippen molar-refractivity contribution in [3.63, 3.8) is 0 Å². The number of fused-ring (bicyclic) bond motifs is 1. The van der Waals surface area contributed by atoms with Gasteiger partial charge in [-0.25, -0.2) is 4.98 Å². The molecular formula is C19H28N4O2S. The van der Waals surface area contributed by atoms with Crippen molar-refractivity contribution in [1.29, 1.82) is 0 Å². The van der Waals surface area contributed by atoms with Crippen molar-refractivity contribution in [2.24, 2.45) is 0 Å². The van der Waals surface area contributed by atoms with Crippen LogP contribution in [-0.4, -0.2) is 45.5 Å². The zero-order chi connectivity index (χ0) is 18.7. The summed E-state index contributed by atoms with van der Waals surface area (Å²) >= 11 is 1.54. The van der Waals surface area contributed by atoms with Gasteiger partial charge < -0.3 is 10.2 Å². The molecule has 1 N–H and O–H groups in total. The number of hydrogen-bond donors (Lipinski definition) is 1. The molecule has 1 amide bonds. The van der Waals surface area contributed by atoms with E-state index in [-0.39, 0.29) is 23.6 Å². The number of aromatic nitrogens is 2. The molecule has 3 rings (SSSR count). The molecule has 2 aromatic rings. The smallest absolute Gasteiger partial charge is 0.262 e. The number of nitrogens with one attached hydrogen (secondary N) is 1. The molecule has 26 heavy (non-hydrogen) atoms. The fraction of sp³-hybridized carbons (Fsp3) is 0.632. The second kappa shape index (κ2) is 7.88. The van der Waals surface area contributed by atoms with Gasteiger partial charge in [-0.05, 0) is 52.3 Å². The molecule has 0 atom stereocenters. The number of piperidine rings is 1. The van der Waals surface area contributed by atoms with E-state index in [1.165, 1.54) is 41.5 Å². The molecule has 142 valence electrons. The first kappa shape index (κ1) is 19.0. The number of rotatable bonds is 6. The summed E-state index contributed by atoms with van der Waals surface area (Å²) in [5.74, 6) is -0.152. The van der Waals surface area contributed by atoms with E-state index in [0.717, 1.165) is 35.8 Å². The first-order valence-electron chi connectivity index (χ1n) is 9.39. The predicted molar refractivity (Wildman–Crippen MR) is 106 cm³/mol. The lowest BCUT2D eigenvalue weighted by Gasteiger charge is -2.35. The number of carbonyl (C=O) groups excluding carboxylic acids is 1. The van der Waals surface area contributed by atoms with Crippen LogP contribution in [-0.2, 0) is 17.8 Å². The molecule has 1 fully saturated rings. The average Bonchev–Trinajstić information content (AvgIpc) is 3.01. The van der Waals surface area contributed by atoms with Gasteiger partial charge in [-0.1, -0.05) is 13.3 Å². The quantitative estimate of drug-likeness (QED) is 0.841. The molecule has 1 aliphatic rings. The summed E-state index contributed by atoms with van der Waals surface area (Å²) in [7, 11) is 0. The van der Waals surface area contributed by atoms with E-state index in [9.17, 15) is 9.59 Å². The summed E-state index contributed by atoms with van der Waals surface area (Å²) in [5, 5.41) is 3.68. The zero-order valence-corrected chi connectivity index (χ0v) is 16.7. The molecule has 7 heteroatoms. The molecule has 1 aliphatic heterocycles. The molecule has 0 aromatic carbocycles. The van der Waals surface area contributed by atoms with E-state index in [1.54, 1.807) is 0 Å². The second-order valence-electron chi connectivity index (χ2n) is 7.73. The average molecular weight is 377 g/mol. The predicted octanol–water partition coefficient (Wildman–Crippen LogP) is 2.40. The molecule has 0 unspecified atom stereocenters. The fourth-order valence-electron chi connectivity index (χ4n) is 3.58. The molecule has 1 saturated heterocycles. The zero-order valence-electron chi connectivity index (χ0n) is 15.9. The maximum atomic E-state index is 12.6. The lowest BCUT2D eigenvalue weighted by Crippen LogP contribution is -2.53. The number of nitrogens with zero attached hydrogens (tertiary/aromatic N) is 3. The third-order valence-electron chi connectivity index (χ3n) is 4.78. The Labute approximate surface area is 158 Å². The summed E-state index contributed by atoms with van der Waals surface area (Å²) in [6.07, 6.45) is 6.12. The van der Waals surface area contributed by atoms with Gasteiger partial charge in [0, 0.05) is 17.0 Å². The summed E-state index contributed by atoms with van der Waals surface area (Å²) < 4.78 is 1.40. The van der Waals surface area contributed by atoms with Crippen LogP contribution in [0.5, 0.6) is 0 Å². The summed E-state index contributed by atoms with van der Waals surface area (Å²) in [6.45, 7) is 9.15. The van der Waals surface area contributed by atoms with E-state index >= 15 is 0 Å². The highest BCUT2D eigenvalue weighted by Gasteiger charge is 2.25. The third-order valence-corrected chi connectivity index (χ3v) is 5.96. The molecule has 0 radical (unpaired) electrons. The number of thiophene rings is 1. The molecule has 0 saturated carbocycles. The lowest BCUT2D eigenvalue weighted by molar-refractivity contribution is -0.123. The van der Waals surface area contributed by atoms with Gasteiger partial charge in [0.05, 0.1) is 11.7 Å². The Morgan fingerprint density at radius 2 is 2.04 bits per heavy atom. The largest absolute Gasteiger partial charge is 0.348 e. The standard InChI is InChI=1S/C19H28N4O2S/c1-4-14-10-15-17(26-14)20-13-23(18(15)25)11-16(24)21-19(2,3)12-22-8-6-5-7-9-22/h10,13H,4-9,11-12H2,1-3H3,(H,21,24). The van der Waals surface area contributed by atoms with Crippen LogP contribution in [0.25, 0.3) is 10.2 Å². The van der Waals surface area contributed by atoms with Crippen LogP contribution in [0.3, 0.4) is 0 Å². The summed E-state index contributed by atoms with van der Waals surface area (Å²) in [4.78, 5) is 33.8. The van der Waals surface area contributed by atoms with E-state index < -0.39 is 0 Å². The molecule has 3 heterocycles. The van der Waals surface area contributed by atoms with Crippen LogP contribution < -0.4 is 10.9 Å². The van der Waals surface area contributed by atoms with Crippen LogP contribution in [0.2, 0.25) is 0 Å². The third kappa shape index (κ3) is 4.51. The van der Waals surface area contributed by atoms with Gasteiger partial charge in [0.2, 0.25) is 5.91 Å². The molecular weight excluding hydrogens is 348 g/mol. The van der Waals surface area contributed by atoms with Crippen molar-refractivity contribution in [3.8, 4) is 0 Å². The minimum atomic E-state index is -0.326. The Kier molecular flexibility index (Phi) is 5.77. The summed E-state index contributed by atoms with van der Waals surface area (Å²) in [6, 6.07) is 1.89. The van der Waals surface area contributed by atoms with Crippen molar-refractivity contribution in [1.82, 2.24) is 19.8 Å². The van der Waals surface area contributed by atoms with Crippen molar-refractivity contribution < 1.29 is 4.79 Å². The number of hydrogen-bond acceptors (Lipinski definition) is 5. The number of amides is 1. The normalized spacial score (nSPS) is 16.1. The number of aryl methyl sites for hydroxylation is 1. The highest BCUT2D eigenvalue weighted by molar-refractivity contribution is 7.18. The Morgan fingerprint density at radius 3 is 2.73 bits per heavy atom. The molecule has 0 bridgehead atoms. The van der Waals surface area contributed by atoms with Gasteiger partial charge in [-0.15, -0.1) is 11.3 Å². The Morgan fingerprint density at radius 1 is 1.31 bits per heavy atom. The Balaban J connectivity index is 1.66. The molecule has 0 aliphatic carbocycles. The Hall–Kier alpha value is -1.73.